The Labute approximate surface area is 192 Å². The van der Waals surface area contributed by atoms with Crippen LogP contribution in [0, 0.1) is 20.2 Å². The van der Waals surface area contributed by atoms with E-state index in [-0.39, 0.29) is 11.4 Å². The highest BCUT2D eigenvalue weighted by molar-refractivity contribution is 7.19. The highest BCUT2D eigenvalue weighted by Crippen LogP contribution is 2.41. The third kappa shape index (κ3) is 4.91. The van der Waals surface area contributed by atoms with Crippen molar-refractivity contribution in [3.05, 3.63) is 98.6 Å². The fraction of sp³-hybridized carbons (Fsp3) is 0.0435. The minimum atomic E-state index is -0.463. The maximum atomic E-state index is 11.0. The zero-order valence-corrected chi connectivity index (χ0v) is 18.1. The van der Waals surface area contributed by atoms with Gasteiger partial charge in [0.25, 0.3) is 11.4 Å². The number of aromatic nitrogens is 1. The fourth-order valence-electron chi connectivity index (χ4n) is 3.09. The van der Waals surface area contributed by atoms with Crippen molar-refractivity contribution in [3.8, 4) is 27.4 Å². The van der Waals surface area contributed by atoms with Crippen molar-refractivity contribution < 1.29 is 14.6 Å². The lowest BCUT2D eigenvalue weighted by Crippen LogP contribution is -1.89. The summed E-state index contributed by atoms with van der Waals surface area (Å²) in [4.78, 5) is 31.0. The van der Waals surface area contributed by atoms with Gasteiger partial charge in [-0.2, -0.15) is 0 Å². The van der Waals surface area contributed by atoms with Crippen LogP contribution in [0.2, 0.25) is 0 Å². The summed E-state index contributed by atoms with van der Waals surface area (Å²) < 4.78 is 5.22. The molecule has 0 bridgehead atoms. The predicted octanol–water partition coefficient (Wildman–Crippen LogP) is 6.05. The lowest BCUT2D eigenvalue weighted by Gasteiger charge is -2.04. The van der Waals surface area contributed by atoms with Crippen LogP contribution in [0.4, 0.5) is 16.5 Å². The minimum absolute atomic E-state index is 0.00169. The Bertz CT molecular complexity index is 1350. The Morgan fingerprint density at radius 2 is 1.58 bits per heavy atom. The Morgan fingerprint density at radius 1 is 0.909 bits per heavy atom. The van der Waals surface area contributed by atoms with Crippen molar-refractivity contribution in [1.29, 1.82) is 0 Å². The van der Waals surface area contributed by atoms with Gasteiger partial charge in [-0.15, -0.1) is 0 Å². The van der Waals surface area contributed by atoms with Gasteiger partial charge in [-0.1, -0.05) is 23.5 Å². The average molecular weight is 460 g/mol. The first kappa shape index (κ1) is 21.8. The molecule has 0 atom stereocenters. The van der Waals surface area contributed by atoms with Crippen LogP contribution in [-0.2, 0) is 0 Å². The van der Waals surface area contributed by atoms with E-state index in [0.29, 0.717) is 22.1 Å². The van der Waals surface area contributed by atoms with Crippen LogP contribution in [0.25, 0.3) is 21.7 Å². The molecule has 0 aliphatic heterocycles. The Kier molecular flexibility index (Phi) is 6.18. The molecule has 0 fully saturated rings. The quantitative estimate of drug-likeness (QED) is 0.188. The summed E-state index contributed by atoms with van der Waals surface area (Å²) in [5.41, 5.74) is 2.81. The zero-order valence-electron chi connectivity index (χ0n) is 17.2. The first-order valence-electron chi connectivity index (χ1n) is 9.63. The molecule has 4 aromatic rings. The number of rotatable bonds is 7. The maximum Gasteiger partial charge on any atom is 0.270 e. The van der Waals surface area contributed by atoms with Gasteiger partial charge in [-0.25, -0.2) is 9.98 Å². The molecule has 0 N–H and O–H groups in total. The van der Waals surface area contributed by atoms with Gasteiger partial charge < -0.3 is 4.74 Å². The van der Waals surface area contributed by atoms with Crippen LogP contribution in [-0.4, -0.2) is 28.2 Å². The van der Waals surface area contributed by atoms with E-state index in [1.54, 1.807) is 31.4 Å². The molecule has 4 rings (SSSR count). The van der Waals surface area contributed by atoms with Crippen LogP contribution >= 0.6 is 11.3 Å². The van der Waals surface area contributed by atoms with E-state index in [1.165, 1.54) is 41.8 Å². The van der Waals surface area contributed by atoms with Crippen LogP contribution in [0.3, 0.4) is 0 Å². The molecule has 0 radical (unpaired) electrons. The summed E-state index contributed by atoms with van der Waals surface area (Å²) >= 11 is 1.32. The second-order valence-corrected chi connectivity index (χ2v) is 7.79. The Morgan fingerprint density at radius 3 is 2.21 bits per heavy atom. The van der Waals surface area contributed by atoms with Gasteiger partial charge in [-0.05, 0) is 47.5 Å². The predicted molar refractivity (Wildman–Crippen MR) is 127 cm³/mol. The summed E-state index contributed by atoms with van der Waals surface area (Å²) in [5, 5.41) is 22.5. The largest absolute Gasteiger partial charge is 0.497 e. The highest BCUT2D eigenvalue weighted by atomic mass is 32.1. The van der Waals surface area contributed by atoms with E-state index in [0.717, 1.165) is 16.0 Å². The van der Waals surface area contributed by atoms with Gasteiger partial charge in [0.05, 0.1) is 27.5 Å². The van der Waals surface area contributed by atoms with Gasteiger partial charge >= 0.3 is 0 Å². The molecule has 0 amide bonds. The summed E-state index contributed by atoms with van der Waals surface area (Å²) in [6.07, 6.45) is 1.52. The van der Waals surface area contributed by atoms with Crippen molar-refractivity contribution in [1.82, 2.24) is 4.98 Å². The van der Waals surface area contributed by atoms with Crippen molar-refractivity contribution >= 4 is 34.1 Å². The molecule has 0 saturated heterocycles. The van der Waals surface area contributed by atoms with Crippen molar-refractivity contribution in [2.75, 3.05) is 7.11 Å². The van der Waals surface area contributed by atoms with Gasteiger partial charge in [0.2, 0.25) is 5.13 Å². The first-order chi connectivity index (χ1) is 15.9. The number of ether oxygens (including phenoxy) is 1. The van der Waals surface area contributed by atoms with Gasteiger partial charge in [0.15, 0.2) is 0 Å². The molecule has 33 heavy (non-hydrogen) atoms. The molecular weight excluding hydrogens is 444 g/mol. The molecule has 1 heterocycles. The molecule has 0 aliphatic rings. The summed E-state index contributed by atoms with van der Waals surface area (Å²) in [6, 6.07) is 19.8. The number of non-ortho nitro benzene ring substituents is 2. The number of aliphatic imine (C=N–C) groups is 1. The molecule has 1 aromatic heterocycles. The van der Waals surface area contributed by atoms with Crippen molar-refractivity contribution in [3.63, 3.8) is 0 Å². The number of benzene rings is 3. The number of methoxy groups -OCH3 is 1. The highest BCUT2D eigenvalue weighted by Gasteiger charge is 2.16. The lowest BCUT2D eigenvalue weighted by molar-refractivity contribution is -0.385. The second kappa shape index (κ2) is 9.37. The standard InChI is InChI=1S/C23H16N4O5S/c1-32-20-11-7-16(8-12-20)21-22(17-5-9-18(10-6-17)26(28)29)33-23(25-21)24-14-15-3-2-4-19(13-15)27(30)31/h2-14H,1H3. The maximum absolute atomic E-state index is 11.0. The summed E-state index contributed by atoms with van der Waals surface area (Å²) in [7, 11) is 1.58. The van der Waals surface area contributed by atoms with E-state index in [4.69, 9.17) is 4.74 Å². The van der Waals surface area contributed by atoms with E-state index in [1.807, 2.05) is 24.3 Å². The second-order valence-electron chi connectivity index (χ2n) is 6.82. The van der Waals surface area contributed by atoms with E-state index >= 15 is 0 Å². The van der Waals surface area contributed by atoms with Gasteiger partial charge in [0.1, 0.15) is 5.75 Å². The van der Waals surface area contributed by atoms with Gasteiger partial charge in [0, 0.05) is 36.0 Å². The molecule has 9 nitrogen and oxygen atoms in total. The Balaban J connectivity index is 1.75. The van der Waals surface area contributed by atoms with Crippen LogP contribution in [0.5, 0.6) is 5.75 Å². The summed E-state index contributed by atoms with van der Waals surface area (Å²) in [6.45, 7) is 0. The number of thiazole rings is 1. The van der Waals surface area contributed by atoms with E-state index in [9.17, 15) is 20.2 Å². The average Bonchev–Trinajstić information content (AvgIpc) is 3.27. The number of nitro benzene ring substituents is 2. The molecule has 0 aliphatic carbocycles. The van der Waals surface area contributed by atoms with Crippen LogP contribution in [0.15, 0.2) is 77.8 Å². The number of hydrogen-bond acceptors (Lipinski definition) is 8. The number of nitrogens with zero attached hydrogens (tertiary/aromatic N) is 4. The molecule has 3 aromatic carbocycles. The summed E-state index contributed by atoms with van der Waals surface area (Å²) in [5.74, 6) is 0.704. The first-order valence-corrected chi connectivity index (χ1v) is 10.4. The van der Waals surface area contributed by atoms with Crippen LogP contribution in [0.1, 0.15) is 5.56 Å². The van der Waals surface area contributed by atoms with Gasteiger partial charge in [-0.3, -0.25) is 20.2 Å². The number of hydrogen-bond donors (Lipinski definition) is 0. The molecule has 164 valence electrons. The molecule has 0 unspecified atom stereocenters. The van der Waals surface area contributed by atoms with Crippen molar-refractivity contribution in [2.24, 2.45) is 4.99 Å². The molecule has 0 saturated carbocycles. The third-order valence-electron chi connectivity index (χ3n) is 4.72. The van der Waals surface area contributed by atoms with E-state index in [2.05, 4.69) is 9.98 Å². The third-order valence-corrected chi connectivity index (χ3v) is 5.74. The fourth-order valence-corrected chi connectivity index (χ4v) is 4.03. The van der Waals surface area contributed by atoms with E-state index < -0.39 is 9.85 Å². The minimum Gasteiger partial charge on any atom is -0.497 e. The van der Waals surface area contributed by atoms with Crippen molar-refractivity contribution in [2.45, 2.75) is 0 Å². The SMILES string of the molecule is COc1ccc(-c2nc(N=Cc3cccc([N+](=O)[O-])c3)sc2-c2ccc([N+](=O)[O-])cc2)cc1. The monoisotopic (exact) mass is 460 g/mol. The number of nitro groups is 2. The normalized spacial score (nSPS) is 10.9. The smallest absolute Gasteiger partial charge is 0.270 e. The lowest BCUT2D eigenvalue weighted by atomic mass is 10.1. The van der Waals surface area contributed by atoms with Crippen LogP contribution < -0.4 is 4.74 Å². The Hall–Kier alpha value is -4.44. The molecular formula is C23H16N4O5S. The zero-order chi connectivity index (χ0) is 23.4. The molecule has 0 spiro atoms. The molecule has 10 heteroatoms. The topological polar surface area (TPSA) is 121 Å².